The highest BCUT2D eigenvalue weighted by molar-refractivity contribution is 5.94. The van der Waals surface area contributed by atoms with Crippen LogP contribution in [0.1, 0.15) is 35.8 Å². The van der Waals surface area contributed by atoms with E-state index < -0.39 is 5.92 Å². The Morgan fingerprint density at radius 1 is 1.50 bits per heavy atom. The van der Waals surface area contributed by atoms with Gasteiger partial charge in [0.2, 0.25) is 5.91 Å². The van der Waals surface area contributed by atoms with Crippen LogP contribution in [0.15, 0.2) is 18.3 Å². The van der Waals surface area contributed by atoms with E-state index in [1.165, 1.54) is 6.07 Å². The van der Waals surface area contributed by atoms with Crippen molar-refractivity contribution in [3.05, 3.63) is 29.6 Å². The van der Waals surface area contributed by atoms with Gasteiger partial charge in [-0.1, -0.05) is 0 Å². The molecule has 0 aliphatic carbocycles. The Balaban J connectivity index is 1.97. The molecule has 0 radical (unpaired) electrons. The van der Waals surface area contributed by atoms with Crippen molar-refractivity contribution in [2.24, 2.45) is 0 Å². The summed E-state index contributed by atoms with van der Waals surface area (Å²) in [4.78, 5) is 26.5. The molecule has 2 heterocycles. The molecular formula is C13H15F2N3O2. The van der Waals surface area contributed by atoms with Gasteiger partial charge in [0.05, 0.1) is 5.56 Å². The Bertz CT molecular complexity index is 501. The number of nitrogens with one attached hydrogen (secondary N) is 2. The summed E-state index contributed by atoms with van der Waals surface area (Å²) < 4.78 is 26.0. The second-order valence-electron chi connectivity index (χ2n) is 4.83. The maximum Gasteiger partial charge on any atom is 0.286 e. The van der Waals surface area contributed by atoms with Gasteiger partial charge in [0.15, 0.2) is 0 Å². The maximum atomic E-state index is 13.0. The number of hydrogen-bond donors (Lipinski definition) is 2. The number of alkyl halides is 2. The molecule has 5 nitrogen and oxygen atoms in total. The van der Waals surface area contributed by atoms with E-state index in [2.05, 4.69) is 15.6 Å². The molecule has 0 spiro atoms. The largest absolute Gasteiger partial charge is 0.354 e. The van der Waals surface area contributed by atoms with Gasteiger partial charge < -0.3 is 10.6 Å². The minimum atomic E-state index is -3.03. The van der Waals surface area contributed by atoms with Crippen LogP contribution in [0.4, 0.5) is 8.78 Å². The van der Waals surface area contributed by atoms with Crippen LogP contribution in [0.2, 0.25) is 0 Å². The molecular weight excluding hydrogens is 268 g/mol. The summed E-state index contributed by atoms with van der Waals surface area (Å²) in [6, 6.07) is 2.31. The monoisotopic (exact) mass is 283 g/mol. The lowest BCUT2D eigenvalue weighted by atomic mass is 10.1. The fourth-order valence-corrected chi connectivity index (χ4v) is 1.91. The minimum absolute atomic E-state index is 0.0355. The van der Waals surface area contributed by atoms with Gasteiger partial charge in [0.25, 0.3) is 11.8 Å². The van der Waals surface area contributed by atoms with Crippen LogP contribution in [0, 0.1) is 0 Å². The van der Waals surface area contributed by atoms with E-state index in [9.17, 15) is 18.4 Å². The molecule has 2 amide bonds. The number of nitrogens with zero attached hydrogens (tertiary/aromatic N) is 1. The molecule has 1 aliphatic heterocycles. The molecule has 0 bridgehead atoms. The first-order valence-corrected chi connectivity index (χ1v) is 6.28. The highest BCUT2D eigenvalue weighted by Gasteiger charge is 2.26. The molecule has 1 aliphatic rings. The third-order valence-corrected chi connectivity index (χ3v) is 3.08. The Morgan fingerprint density at radius 2 is 2.25 bits per heavy atom. The van der Waals surface area contributed by atoms with Crippen LogP contribution in [0.25, 0.3) is 0 Å². The van der Waals surface area contributed by atoms with Crippen molar-refractivity contribution in [3.8, 4) is 0 Å². The van der Waals surface area contributed by atoms with E-state index in [1.807, 2.05) is 0 Å². The van der Waals surface area contributed by atoms with Crippen LogP contribution in [0.5, 0.6) is 0 Å². The van der Waals surface area contributed by atoms with Crippen molar-refractivity contribution in [1.82, 2.24) is 15.6 Å². The van der Waals surface area contributed by atoms with E-state index in [1.54, 1.807) is 0 Å². The molecule has 0 aromatic carbocycles. The van der Waals surface area contributed by atoms with Crippen LogP contribution in [-0.4, -0.2) is 29.4 Å². The molecule has 1 aromatic heterocycles. The lowest BCUT2D eigenvalue weighted by Gasteiger charge is -2.23. The minimum Gasteiger partial charge on any atom is -0.354 e. The molecule has 1 atom stereocenters. The average Bonchev–Trinajstić information content (AvgIpc) is 2.40. The van der Waals surface area contributed by atoms with Crippen LogP contribution < -0.4 is 10.6 Å². The summed E-state index contributed by atoms with van der Waals surface area (Å²) >= 11 is 0. The van der Waals surface area contributed by atoms with Crippen molar-refractivity contribution in [3.63, 3.8) is 0 Å². The average molecular weight is 283 g/mol. The van der Waals surface area contributed by atoms with Gasteiger partial charge in [0.1, 0.15) is 5.69 Å². The standard InChI is InChI=1S/C13H15F2N3O2/c1-13(14,15)10-4-2-8(6-16-10)12(20)18-9-3-5-11(19)17-7-9/h2,4,6,9H,3,5,7H2,1H3,(H,17,19)(H,18,20). The number of carbonyl (C=O) groups excluding carboxylic acids is 2. The number of hydrogen-bond acceptors (Lipinski definition) is 3. The SMILES string of the molecule is CC(F)(F)c1ccc(C(=O)NC2CCC(=O)NC2)cn1. The number of carbonyl (C=O) groups is 2. The molecule has 108 valence electrons. The molecule has 0 saturated carbocycles. The summed E-state index contributed by atoms with van der Waals surface area (Å²) in [6.45, 7) is 1.13. The highest BCUT2D eigenvalue weighted by Crippen LogP contribution is 2.24. The van der Waals surface area contributed by atoms with Crippen molar-refractivity contribution in [1.29, 1.82) is 0 Å². The zero-order chi connectivity index (χ0) is 14.8. The molecule has 1 aromatic rings. The lowest BCUT2D eigenvalue weighted by molar-refractivity contribution is -0.122. The number of rotatable bonds is 3. The number of piperidine rings is 1. The van der Waals surface area contributed by atoms with Crippen LogP contribution >= 0.6 is 0 Å². The molecule has 1 fully saturated rings. The zero-order valence-electron chi connectivity index (χ0n) is 11.0. The smallest absolute Gasteiger partial charge is 0.286 e. The Labute approximate surface area is 114 Å². The van der Waals surface area contributed by atoms with Gasteiger partial charge in [-0.15, -0.1) is 0 Å². The fraction of sp³-hybridized carbons (Fsp3) is 0.462. The first-order valence-electron chi connectivity index (χ1n) is 6.28. The molecule has 1 saturated heterocycles. The predicted molar refractivity (Wildman–Crippen MR) is 67.3 cm³/mol. The summed E-state index contributed by atoms with van der Waals surface area (Å²) in [5.74, 6) is -3.45. The van der Waals surface area contributed by atoms with Crippen LogP contribution in [0.3, 0.4) is 0 Å². The van der Waals surface area contributed by atoms with Crippen molar-refractivity contribution < 1.29 is 18.4 Å². The van der Waals surface area contributed by atoms with E-state index in [4.69, 9.17) is 0 Å². The summed E-state index contributed by atoms with van der Waals surface area (Å²) in [6.07, 6.45) is 2.06. The fourth-order valence-electron chi connectivity index (χ4n) is 1.91. The molecule has 20 heavy (non-hydrogen) atoms. The zero-order valence-corrected chi connectivity index (χ0v) is 11.0. The number of pyridine rings is 1. The van der Waals surface area contributed by atoms with Gasteiger partial charge in [-0.05, 0) is 18.6 Å². The van der Waals surface area contributed by atoms with Gasteiger partial charge in [0, 0.05) is 32.1 Å². The molecule has 1 unspecified atom stereocenters. The predicted octanol–water partition coefficient (Wildman–Crippen LogP) is 1.20. The molecule has 2 N–H and O–H groups in total. The van der Waals surface area contributed by atoms with Crippen LogP contribution in [-0.2, 0) is 10.7 Å². The molecule has 7 heteroatoms. The van der Waals surface area contributed by atoms with Crippen molar-refractivity contribution >= 4 is 11.8 Å². The lowest BCUT2D eigenvalue weighted by Crippen LogP contribution is -2.47. The number of aromatic nitrogens is 1. The third kappa shape index (κ3) is 3.49. The van der Waals surface area contributed by atoms with E-state index in [-0.39, 0.29) is 29.1 Å². The Hall–Kier alpha value is -2.05. The Morgan fingerprint density at radius 3 is 2.75 bits per heavy atom. The third-order valence-electron chi connectivity index (χ3n) is 3.08. The van der Waals surface area contributed by atoms with Crippen molar-refractivity contribution in [2.45, 2.75) is 31.7 Å². The van der Waals surface area contributed by atoms with Gasteiger partial charge in [-0.2, -0.15) is 8.78 Å². The first kappa shape index (κ1) is 14.4. The van der Waals surface area contributed by atoms with Gasteiger partial charge in [-0.25, -0.2) is 0 Å². The normalized spacial score (nSPS) is 19.4. The first-order chi connectivity index (χ1) is 9.36. The second kappa shape index (κ2) is 5.52. The van der Waals surface area contributed by atoms with Gasteiger partial charge >= 0.3 is 0 Å². The quantitative estimate of drug-likeness (QED) is 0.875. The van der Waals surface area contributed by atoms with Gasteiger partial charge in [-0.3, -0.25) is 14.6 Å². The summed E-state index contributed by atoms with van der Waals surface area (Å²) in [7, 11) is 0. The summed E-state index contributed by atoms with van der Waals surface area (Å²) in [5, 5.41) is 5.38. The molecule has 2 rings (SSSR count). The van der Waals surface area contributed by atoms with E-state index >= 15 is 0 Å². The Kier molecular flexibility index (Phi) is 3.96. The summed E-state index contributed by atoms with van der Waals surface area (Å²) in [5.41, 5.74) is -0.158. The highest BCUT2D eigenvalue weighted by atomic mass is 19.3. The maximum absolute atomic E-state index is 13.0. The second-order valence-corrected chi connectivity index (χ2v) is 4.83. The van der Waals surface area contributed by atoms with E-state index in [0.717, 1.165) is 19.2 Å². The van der Waals surface area contributed by atoms with E-state index in [0.29, 0.717) is 19.4 Å². The number of amides is 2. The number of halogens is 2. The van der Waals surface area contributed by atoms with Crippen molar-refractivity contribution in [2.75, 3.05) is 6.54 Å². The topological polar surface area (TPSA) is 71.1 Å².